The van der Waals surface area contributed by atoms with Gasteiger partial charge in [0.25, 0.3) is 0 Å². The fraction of sp³-hybridized carbons (Fsp3) is 0.308. The summed E-state index contributed by atoms with van der Waals surface area (Å²) < 4.78 is 36.1. The predicted molar refractivity (Wildman–Crippen MR) is 577 cm³/mol. The summed E-state index contributed by atoms with van der Waals surface area (Å²) in [6.07, 6.45) is 21.9. The van der Waals surface area contributed by atoms with E-state index in [9.17, 15) is 0 Å². The van der Waals surface area contributed by atoms with Crippen molar-refractivity contribution in [3.8, 4) is 89.5 Å². The Bertz CT molecular complexity index is 8260. The minimum Gasteiger partial charge on any atom is -0.455 e. The van der Waals surface area contributed by atoms with E-state index in [-0.39, 0.29) is 21.7 Å². The molecule has 0 amide bonds. The van der Waals surface area contributed by atoms with Crippen LogP contribution in [0.3, 0.4) is 0 Å². The molecule has 140 heavy (non-hydrogen) atoms. The summed E-state index contributed by atoms with van der Waals surface area (Å²) in [5.74, 6) is 3.08. The molecule has 0 radical (unpaired) electrons. The number of hydrogen-bond acceptors (Lipinski definition) is 6. The van der Waals surface area contributed by atoms with Crippen molar-refractivity contribution in [3.05, 3.63) is 345 Å². The minimum atomic E-state index is -0.143. The lowest BCUT2D eigenvalue weighted by Crippen LogP contribution is -2.31. The first-order valence-corrected chi connectivity index (χ1v) is 51.3. The second-order valence-electron chi connectivity index (χ2n) is 44.6. The van der Waals surface area contributed by atoms with E-state index in [2.05, 4.69) is 421 Å². The zero-order valence-corrected chi connectivity index (χ0v) is 86.3. The van der Waals surface area contributed by atoms with Gasteiger partial charge in [-0.3, -0.25) is 9.97 Å². The molecule has 0 bridgehead atoms. The van der Waals surface area contributed by atoms with E-state index in [4.69, 9.17) is 22.7 Å². The zero-order chi connectivity index (χ0) is 97.7. The molecular formula is C130H132N6O4+4. The van der Waals surface area contributed by atoms with Crippen LogP contribution in [0, 0.1) is 39.5 Å². The van der Waals surface area contributed by atoms with E-state index in [1.807, 2.05) is 24.7 Å². The quantitative estimate of drug-likeness (QED) is 0.113. The van der Waals surface area contributed by atoms with Crippen molar-refractivity contribution in [3.63, 3.8) is 0 Å². The first kappa shape index (κ1) is 91.4. The molecule has 1 spiro atoms. The Labute approximate surface area is 824 Å². The molecule has 1 saturated carbocycles. The normalized spacial score (nSPS) is 14.7. The Morgan fingerprint density at radius 2 is 0.657 bits per heavy atom. The molecule has 10 aromatic carbocycles. The number of fused-ring (bicyclic) bond motifs is 30. The topological polar surface area (TPSA) is 93.9 Å². The first-order chi connectivity index (χ1) is 67.2. The van der Waals surface area contributed by atoms with Crippen LogP contribution >= 0.6 is 0 Å². The lowest BCUT2D eigenvalue weighted by Gasteiger charge is -2.35. The molecule has 0 aliphatic heterocycles. The largest absolute Gasteiger partial charge is 0.455 e. The lowest BCUT2D eigenvalue weighted by molar-refractivity contribution is -0.660. The Hall–Kier alpha value is -13.7. The van der Waals surface area contributed by atoms with Crippen molar-refractivity contribution in [2.45, 2.75) is 222 Å². The van der Waals surface area contributed by atoms with Crippen LogP contribution in [0.5, 0.6) is 0 Å². The SMILES string of the molecule is Cc1ccc2c(oc3c4c(ccc32)C(C)(C)c2cnccc2-4)c1-c1cc(C(C)C)cc[n+]1C.Cc1ccc2c(oc3c4c(ccc32)C(C)(C)c2ncccc2-4)c1-c1cc(C(C)C)cc[n+]1C.Cc1ccc2c(oc3ccc4c(c32)-c2ccccc2C4(CC(C)C)CC(C)C)c1-c1cc(C(C)C)cc[n+]1C.Cc1ccc2c(oc3ccc4c(c32)-c2ccccc2C42CCCC2)c1-c1cc(C(C)C)cc[n+]1C. The number of hydrogen-bond donors (Lipinski definition) is 0. The van der Waals surface area contributed by atoms with Gasteiger partial charge in [0.05, 0.1) is 27.9 Å². The molecule has 702 valence electrons. The molecule has 25 rings (SSSR count). The average molecular weight is 1840 g/mol. The van der Waals surface area contributed by atoms with Crippen molar-refractivity contribution in [2.75, 3.05) is 0 Å². The third-order valence-electron chi connectivity index (χ3n) is 32.7. The molecule has 5 aliphatic rings. The molecule has 0 N–H and O–H groups in total. The Balaban J connectivity index is 0.000000108. The zero-order valence-electron chi connectivity index (χ0n) is 86.3. The van der Waals surface area contributed by atoms with Gasteiger partial charge >= 0.3 is 0 Å². The minimum absolute atomic E-state index is 0.0254. The molecule has 10 aromatic heterocycles. The van der Waals surface area contributed by atoms with Gasteiger partial charge in [-0.25, -0.2) is 18.3 Å². The number of aryl methyl sites for hydroxylation is 8. The highest BCUT2D eigenvalue weighted by Crippen LogP contribution is 2.63. The molecule has 0 saturated heterocycles. The van der Waals surface area contributed by atoms with Crippen LogP contribution in [0.4, 0.5) is 0 Å². The number of nitrogens with zero attached hydrogens (tertiary/aromatic N) is 6. The van der Waals surface area contributed by atoms with Gasteiger partial charge in [0, 0.05) is 149 Å². The average Bonchev–Trinajstić information content (AvgIpc) is 1.54. The maximum absolute atomic E-state index is 6.83. The van der Waals surface area contributed by atoms with Gasteiger partial charge < -0.3 is 17.7 Å². The van der Waals surface area contributed by atoms with E-state index in [1.165, 1.54) is 242 Å². The van der Waals surface area contributed by atoms with E-state index in [0.29, 0.717) is 35.5 Å². The smallest absolute Gasteiger partial charge is 0.216 e. The number of rotatable bonds is 12. The Morgan fingerprint density at radius 3 is 1.09 bits per heavy atom. The summed E-state index contributed by atoms with van der Waals surface area (Å²) in [5, 5.41) is 9.69. The third-order valence-corrected chi connectivity index (χ3v) is 32.7. The molecule has 1 fully saturated rings. The summed E-state index contributed by atoms with van der Waals surface area (Å²) >= 11 is 0. The molecule has 10 nitrogen and oxygen atoms in total. The van der Waals surface area contributed by atoms with Gasteiger partial charge in [-0.1, -0.05) is 263 Å². The van der Waals surface area contributed by atoms with Crippen molar-refractivity contribution < 1.29 is 35.9 Å². The van der Waals surface area contributed by atoms with Gasteiger partial charge in [-0.2, -0.15) is 0 Å². The fourth-order valence-corrected chi connectivity index (χ4v) is 25.5. The molecule has 20 aromatic rings. The predicted octanol–water partition coefficient (Wildman–Crippen LogP) is 32.6. The van der Waals surface area contributed by atoms with Gasteiger partial charge in [-0.05, 0) is 224 Å². The van der Waals surface area contributed by atoms with Crippen molar-refractivity contribution in [1.29, 1.82) is 0 Å². The van der Waals surface area contributed by atoms with Gasteiger partial charge in [0.15, 0.2) is 24.8 Å². The van der Waals surface area contributed by atoms with Crippen molar-refractivity contribution in [1.82, 2.24) is 9.97 Å². The van der Waals surface area contributed by atoms with Crippen molar-refractivity contribution >= 4 is 87.8 Å². The van der Waals surface area contributed by atoms with Crippen LogP contribution in [0.25, 0.3) is 177 Å². The summed E-state index contributed by atoms with van der Waals surface area (Å²) in [5.41, 5.74) is 49.1. The van der Waals surface area contributed by atoms with Crippen LogP contribution in [-0.2, 0) is 49.9 Å². The molecule has 10 heterocycles. The number of furan rings is 4. The maximum Gasteiger partial charge on any atom is 0.216 e. The second kappa shape index (κ2) is 34.1. The monoisotopic (exact) mass is 1840 g/mol. The third kappa shape index (κ3) is 14.2. The highest BCUT2D eigenvalue weighted by molar-refractivity contribution is 6.21. The Kier molecular flexibility index (Phi) is 22.3. The summed E-state index contributed by atoms with van der Waals surface area (Å²) in [6.45, 7) is 45.3. The molecule has 10 heteroatoms. The summed E-state index contributed by atoms with van der Waals surface area (Å²) in [7, 11) is 8.50. The maximum atomic E-state index is 6.83. The van der Waals surface area contributed by atoms with Gasteiger partial charge in [0.1, 0.15) is 72.9 Å². The highest BCUT2D eigenvalue weighted by atomic mass is 16.3. The number of pyridine rings is 6. The van der Waals surface area contributed by atoms with Crippen LogP contribution in [0.2, 0.25) is 0 Å². The molecular weight excluding hydrogens is 1710 g/mol. The van der Waals surface area contributed by atoms with E-state index in [0.717, 1.165) is 63.2 Å². The second-order valence-corrected chi connectivity index (χ2v) is 44.6. The van der Waals surface area contributed by atoms with Crippen LogP contribution in [-0.4, -0.2) is 9.97 Å². The number of aromatic nitrogens is 6. The molecule has 0 atom stereocenters. The highest BCUT2D eigenvalue weighted by Gasteiger charge is 2.49. The van der Waals surface area contributed by atoms with Crippen molar-refractivity contribution in [2.24, 2.45) is 40.0 Å². The first-order valence-electron chi connectivity index (χ1n) is 51.3. The molecule has 5 aliphatic carbocycles. The van der Waals surface area contributed by atoms with E-state index < -0.39 is 0 Å². The number of benzene rings is 10. The van der Waals surface area contributed by atoms with E-state index >= 15 is 0 Å². The summed E-state index contributed by atoms with van der Waals surface area (Å²) in [4.78, 5) is 9.18. The van der Waals surface area contributed by atoms with Crippen LogP contribution in [0.1, 0.15) is 262 Å². The van der Waals surface area contributed by atoms with Gasteiger partial charge in [0.2, 0.25) is 22.8 Å². The fourth-order valence-electron chi connectivity index (χ4n) is 25.5. The molecule has 0 unspecified atom stereocenters. The van der Waals surface area contributed by atoms with Crippen LogP contribution < -0.4 is 18.3 Å². The lowest BCUT2D eigenvalue weighted by atomic mass is 9.68. The summed E-state index contributed by atoms with van der Waals surface area (Å²) in [6, 6.07) is 79.1. The Morgan fingerprint density at radius 1 is 0.307 bits per heavy atom. The van der Waals surface area contributed by atoms with E-state index in [1.54, 1.807) is 0 Å². The van der Waals surface area contributed by atoms with Gasteiger partial charge in [-0.15, -0.1) is 0 Å². The van der Waals surface area contributed by atoms with Crippen LogP contribution in [0.15, 0.2) is 273 Å². The standard InChI is InChI=1S/C37H42NO.C33H32NO.2C30H29N2O/c1-22(2)20-37(21-23(3)4)29-12-10-9-11-27(29)34-30(37)15-16-32-35(34)28-14-13-25(7)33(36(28)39-32)31-19-26(24(5)6)17-18-38(31)8;1-20(2)22-15-18-34(4)27(19-22)29-21(3)11-12-24-31-28(35-32(24)29)14-13-26-30(31)23-9-5-6-10-25(23)33(26)16-7-8-17-33;1-17(2)19-12-14-32(6)25(15-19)26-18(3)7-8-20-21-9-10-23-27(29(21)33-28(20)26)22-11-13-31-16-24(22)30(23,4)5;1-17(2)19-13-15-32(6)24(16-19)25-18(3)9-10-20-21-11-12-23-26(28(21)33-27(20)25)22-8-7-14-31-29(22)30(23,4)5/h9-19,22-24H,20-21H2,1-8H3;5-6,9-15,18-20H,7-8,16-17H2,1-4H3;2*7-17H,1-6H3/q4*+1.